The van der Waals surface area contributed by atoms with Crippen molar-refractivity contribution in [2.75, 3.05) is 13.2 Å². The van der Waals surface area contributed by atoms with Crippen LogP contribution in [-0.4, -0.2) is 18.1 Å². The fourth-order valence-corrected chi connectivity index (χ4v) is 4.50. The molecule has 1 unspecified atom stereocenters. The van der Waals surface area contributed by atoms with Crippen LogP contribution in [0.15, 0.2) is 0 Å². The zero-order valence-corrected chi connectivity index (χ0v) is 21.6. The summed E-state index contributed by atoms with van der Waals surface area (Å²) in [5.74, 6) is 0. The van der Waals surface area contributed by atoms with E-state index in [-0.39, 0.29) is 0 Å². The number of rotatable bonds is 26. The quantitative estimate of drug-likeness (QED) is 0.106. The van der Waals surface area contributed by atoms with Gasteiger partial charge in [-0.1, -0.05) is 142 Å². The number of unbranched alkanes of at least 4 members (excludes halogenated alkanes) is 20. The Morgan fingerprint density at radius 3 is 0.900 bits per heavy atom. The topological polar surface area (TPSA) is 38.7 Å². The zero-order valence-electron chi connectivity index (χ0n) is 20.7. The number of hydrogen-bond acceptors (Lipinski definition) is 3. The van der Waals surface area contributed by atoms with Gasteiger partial charge in [-0.25, -0.2) is 0 Å². The molecular weight excluding hydrogens is 391 g/mol. The summed E-state index contributed by atoms with van der Waals surface area (Å²) in [5, 5.41) is 0. The summed E-state index contributed by atoms with van der Waals surface area (Å²) in [6.07, 6.45) is 29.4. The third-order valence-corrected chi connectivity index (χ3v) is 6.71. The maximum Gasteiger partial charge on any atom is 0.329 e. The van der Waals surface area contributed by atoms with Crippen LogP contribution in [0.1, 0.15) is 155 Å². The van der Waals surface area contributed by atoms with E-state index in [1.54, 1.807) is 0 Å². The molecule has 0 aliphatic heterocycles. The van der Waals surface area contributed by atoms with Gasteiger partial charge in [-0.15, -0.1) is 0 Å². The Balaban J connectivity index is 3.10. The second-order valence-electron chi connectivity index (χ2n) is 8.98. The normalized spacial score (nSPS) is 12.5. The van der Waals surface area contributed by atoms with E-state index in [9.17, 15) is 4.89 Å². The molecule has 0 spiro atoms. The second kappa shape index (κ2) is 27.3. The SMILES string of the molecule is CCCCCCCCCCCCCCCCCCOP(O)OCCCCCCCC. The Morgan fingerprint density at radius 2 is 0.633 bits per heavy atom. The largest absolute Gasteiger partial charge is 0.329 e. The second-order valence-corrected chi connectivity index (χ2v) is 9.97. The van der Waals surface area contributed by atoms with Crippen LogP contribution in [-0.2, 0) is 9.05 Å². The molecule has 0 rings (SSSR count). The molecule has 0 aromatic rings. The molecule has 182 valence electrons. The first-order chi connectivity index (χ1) is 14.8. The summed E-state index contributed by atoms with van der Waals surface area (Å²) in [5.41, 5.74) is 0. The van der Waals surface area contributed by atoms with Gasteiger partial charge in [0.1, 0.15) is 0 Å². The van der Waals surface area contributed by atoms with E-state index in [1.165, 1.54) is 128 Å². The van der Waals surface area contributed by atoms with Crippen molar-refractivity contribution in [3.63, 3.8) is 0 Å². The molecule has 1 atom stereocenters. The average Bonchev–Trinajstić information content (AvgIpc) is 2.75. The minimum atomic E-state index is -1.65. The van der Waals surface area contributed by atoms with Crippen molar-refractivity contribution in [3.8, 4) is 0 Å². The molecule has 30 heavy (non-hydrogen) atoms. The molecule has 1 N–H and O–H groups in total. The highest BCUT2D eigenvalue weighted by Crippen LogP contribution is 2.33. The van der Waals surface area contributed by atoms with Crippen LogP contribution in [0, 0.1) is 0 Å². The van der Waals surface area contributed by atoms with Gasteiger partial charge >= 0.3 is 8.60 Å². The fraction of sp³-hybridized carbons (Fsp3) is 1.00. The monoisotopic (exact) mass is 446 g/mol. The van der Waals surface area contributed by atoms with E-state index >= 15 is 0 Å². The molecule has 0 aliphatic rings. The summed E-state index contributed by atoms with van der Waals surface area (Å²) < 4.78 is 10.8. The summed E-state index contributed by atoms with van der Waals surface area (Å²) >= 11 is 0. The molecule has 0 heterocycles. The van der Waals surface area contributed by atoms with Crippen molar-refractivity contribution >= 4 is 8.60 Å². The molecule has 0 radical (unpaired) electrons. The molecule has 0 amide bonds. The molecule has 0 aromatic carbocycles. The highest BCUT2D eigenvalue weighted by Gasteiger charge is 2.05. The van der Waals surface area contributed by atoms with Crippen molar-refractivity contribution in [3.05, 3.63) is 0 Å². The smallest absolute Gasteiger partial charge is 0.328 e. The molecule has 0 saturated carbocycles. The summed E-state index contributed by atoms with van der Waals surface area (Å²) in [7, 11) is -1.65. The van der Waals surface area contributed by atoms with Gasteiger partial charge in [0.2, 0.25) is 0 Å². The maximum atomic E-state index is 9.74. The lowest BCUT2D eigenvalue weighted by atomic mass is 10.0. The van der Waals surface area contributed by atoms with Crippen molar-refractivity contribution in [2.45, 2.75) is 155 Å². The Hall–Kier alpha value is 0.310. The van der Waals surface area contributed by atoms with E-state index < -0.39 is 8.60 Å². The third kappa shape index (κ3) is 26.3. The van der Waals surface area contributed by atoms with Gasteiger partial charge in [0.05, 0.1) is 13.2 Å². The van der Waals surface area contributed by atoms with E-state index in [2.05, 4.69) is 13.8 Å². The summed E-state index contributed by atoms with van der Waals surface area (Å²) in [4.78, 5) is 9.74. The molecule has 0 bridgehead atoms. The van der Waals surface area contributed by atoms with Crippen molar-refractivity contribution in [2.24, 2.45) is 0 Å². The van der Waals surface area contributed by atoms with Gasteiger partial charge in [0, 0.05) is 0 Å². The van der Waals surface area contributed by atoms with Gasteiger partial charge in [-0.05, 0) is 12.8 Å². The van der Waals surface area contributed by atoms with Gasteiger partial charge in [-0.3, -0.25) is 0 Å². The minimum absolute atomic E-state index is 0.632. The Morgan fingerprint density at radius 1 is 0.400 bits per heavy atom. The number of hydrogen-bond donors (Lipinski definition) is 1. The van der Waals surface area contributed by atoms with Crippen LogP contribution in [0.5, 0.6) is 0 Å². The standard InChI is InChI=1S/C26H55O3P/c1-3-5-7-9-11-12-13-14-15-16-17-18-19-20-22-24-26-29-30(27)28-25-23-21-10-8-6-4-2/h27H,3-26H2,1-2H3. The highest BCUT2D eigenvalue weighted by atomic mass is 31.2. The fourth-order valence-electron chi connectivity index (χ4n) is 3.86. The van der Waals surface area contributed by atoms with Gasteiger partial charge in [0.15, 0.2) is 0 Å². The molecule has 0 aliphatic carbocycles. The van der Waals surface area contributed by atoms with Crippen LogP contribution < -0.4 is 0 Å². The van der Waals surface area contributed by atoms with Crippen molar-refractivity contribution in [1.29, 1.82) is 0 Å². The van der Waals surface area contributed by atoms with Crippen LogP contribution in [0.2, 0.25) is 0 Å². The first-order valence-corrected chi connectivity index (χ1v) is 14.7. The van der Waals surface area contributed by atoms with E-state index in [0.717, 1.165) is 12.8 Å². The summed E-state index contributed by atoms with van der Waals surface area (Å²) in [6, 6.07) is 0. The Labute approximate surface area is 191 Å². The Kier molecular flexibility index (Phi) is 27.6. The first kappa shape index (κ1) is 30.3. The lowest BCUT2D eigenvalue weighted by Crippen LogP contribution is -1.95. The van der Waals surface area contributed by atoms with Crippen molar-refractivity contribution < 1.29 is 13.9 Å². The first-order valence-electron chi connectivity index (χ1n) is 13.6. The van der Waals surface area contributed by atoms with Crippen LogP contribution in [0.25, 0.3) is 0 Å². The molecular formula is C26H55O3P. The van der Waals surface area contributed by atoms with Gasteiger partial charge in [-0.2, -0.15) is 0 Å². The highest BCUT2D eigenvalue weighted by molar-refractivity contribution is 7.40. The van der Waals surface area contributed by atoms with Crippen LogP contribution in [0.3, 0.4) is 0 Å². The predicted molar refractivity (Wildman–Crippen MR) is 134 cm³/mol. The van der Waals surface area contributed by atoms with Crippen LogP contribution >= 0.6 is 8.60 Å². The van der Waals surface area contributed by atoms with Gasteiger partial charge < -0.3 is 13.9 Å². The Bertz CT molecular complexity index is 302. The van der Waals surface area contributed by atoms with E-state index in [4.69, 9.17) is 9.05 Å². The average molecular weight is 447 g/mol. The minimum Gasteiger partial charge on any atom is -0.328 e. The van der Waals surface area contributed by atoms with Crippen LogP contribution in [0.4, 0.5) is 0 Å². The third-order valence-electron chi connectivity index (χ3n) is 5.90. The van der Waals surface area contributed by atoms with Crippen molar-refractivity contribution in [1.82, 2.24) is 0 Å². The van der Waals surface area contributed by atoms with Gasteiger partial charge in [0.25, 0.3) is 0 Å². The molecule has 0 fully saturated rings. The molecule has 0 saturated heterocycles. The lowest BCUT2D eigenvalue weighted by molar-refractivity contribution is 0.193. The molecule has 3 nitrogen and oxygen atoms in total. The predicted octanol–water partition coefficient (Wildman–Crippen LogP) is 9.86. The lowest BCUT2D eigenvalue weighted by Gasteiger charge is -2.10. The summed E-state index contributed by atoms with van der Waals surface area (Å²) in [6.45, 7) is 5.79. The molecule has 4 heteroatoms. The zero-order chi connectivity index (χ0) is 22.0. The van der Waals surface area contributed by atoms with E-state index in [0.29, 0.717) is 13.2 Å². The van der Waals surface area contributed by atoms with E-state index in [1.807, 2.05) is 0 Å². The maximum absolute atomic E-state index is 9.74. The molecule has 0 aromatic heterocycles.